The van der Waals surface area contributed by atoms with Crippen LogP contribution in [-0.4, -0.2) is 31.6 Å². The average Bonchev–Trinajstić information content (AvgIpc) is 2.84. The first-order chi connectivity index (χ1) is 9.42. The molecule has 0 fully saturated rings. The molecule has 1 amide bonds. The largest absolute Gasteiger partial charge is 0.296 e. The molecule has 0 bridgehead atoms. The van der Waals surface area contributed by atoms with Crippen LogP contribution < -0.4 is 10.0 Å². The molecule has 0 atom stereocenters. The fourth-order valence-electron chi connectivity index (χ4n) is 1.42. The van der Waals surface area contributed by atoms with E-state index < -0.39 is 10.0 Å². The van der Waals surface area contributed by atoms with Crippen LogP contribution in [0.3, 0.4) is 0 Å². The Hall–Kier alpha value is -1.84. The van der Waals surface area contributed by atoms with Gasteiger partial charge in [-0.25, -0.2) is 13.1 Å². The molecule has 0 aliphatic carbocycles. The molecular weight excluding hydrogens is 300 g/mol. The summed E-state index contributed by atoms with van der Waals surface area (Å²) in [6, 6.07) is 5.61. The van der Waals surface area contributed by atoms with Crippen LogP contribution >= 0.6 is 11.3 Å². The van der Waals surface area contributed by atoms with Gasteiger partial charge >= 0.3 is 0 Å². The molecule has 2 rings (SSSR count). The number of hydrogen-bond donors (Lipinski definition) is 2. The molecule has 2 N–H and O–H groups in total. The second-order valence-electron chi connectivity index (χ2n) is 3.81. The van der Waals surface area contributed by atoms with Gasteiger partial charge in [0.2, 0.25) is 15.2 Å². The second kappa shape index (κ2) is 5.65. The van der Waals surface area contributed by atoms with Crippen molar-refractivity contribution in [3.63, 3.8) is 0 Å². The SMILES string of the molecule is CNS(=O)(=O)c1ccc(C(=O)Nc2nnc(C)s2)cc1. The monoisotopic (exact) mass is 312 g/mol. The summed E-state index contributed by atoms with van der Waals surface area (Å²) in [6.07, 6.45) is 0. The van der Waals surface area contributed by atoms with E-state index >= 15 is 0 Å². The molecule has 106 valence electrons. The van der Waals surface area contributed by atoms with Gasteiger partial charge in [-0.3, -0.25) is 10.1 Å². The molecule has 7 nitrogen and oxygen atoms in total. The molecule has 9 heteroatoms. The zero-order valence-electron chi connectivity index (χ0n) is 10.7. The van der Waals surface area contributed by atoms with E-state index in [2.05, 4.69) is 20.2 Å². The molecule has 0 aliphatic rings. The molecule has 0 aliphatic heterocycles. The summed E-state index contributed by atoms with van der Waals surface area (Å²) in [6.45, 7) is 1.78. The second-order valence-corrected chi connectivity index (χ2v) is 6.88. The minimum absolute atomic E-state index is 0.100. The Morgan fingerprint density at radius 1 is 1.20 bits per heavy atom. The number of amides is 1. The van der Waals surface area contributed by atoms with Crippen molar-refractivity contribution >= 4 is 32.4 Å². The molecule has 2 aromatic rings. The highest BCUT2D eigenvalue weighted by molar-refractivity contribution is 7.89. The third kappa shape index (κ3) is 3.18. The van der Waals surface area contributed by atoms with Crippen LogP contribution in [-0.2, 0) is 10.0 Å². The van der Waals surface area contributed by atoms with Gasteiger partial charge in [-0.05, 0) is 38.2 Å². The van der Waals surface area contributed by atoms with E-state index in [1.807, 2.05) is 0 Å². The number of benzene rings is 1. The molecule has 0 saturated heterocycles. The zero-order chi connectivity index (χ0) is 14.8. The Labute approximate surface area is 120 Å². The van der Waals surface area contributed by atoms with Gasteiger partial charge in [-0.2, -0.15) is 0 Å². The Balaban J connectivity index is 2.16. The fraction of sp³-hybridized carbons (Fsp3) is 0.182. The Morgan fingerprint density at radius 2 is 1.85 bits per heavy atom. The third-order valence-electron chi connectivity index (χ3n) is 2.44. The minimum atomic E-state index is -3.50. The van der Waals surface area contributed by atoms with E-state index in [0.29, 0.717) is 10.7 Å². The maximum atomic E-state index is 11.9. The Kier molecular flexibility index (Phi) is 4.12. The molecule has 1 heterocycles. The highest BCUT2D eigenvalue weighted by Gasteiger charge is 2.13. The molecule has 0 saturated carbocycles. The maximum Gasteiger partial charge on any atom is 0.257 e. The summed E-state index contributed by atoms with van der Waals surface area (Å²) >= 11 is 1.26. The number of carbonyl (C=O) groups is 1. The lowest BCUT2D eigenvalue weighted by Gasteiger charge is -2.04. The van der Waals surface area contributed by atoms with Crippen molar-refractivity contribution in [2.24, 2.45) is 0 Å². The summed E-state index contributed by atoms with van der Waals surface area (Å²) in [4.78, 5) is 12.0. The van der Waals surface area contributed by atoms with Crippen LogP contribution in [0.5, 0.6) is 0 Å². The van der Waals surface area contributed by atoms with Crippen LogP contribution in [0, 0.1) is 6.92 Å². The summed E-state index contributed by atoms with van der Waals surface area (Å²) in [5.41, 5.74) is 0.341. The van der Waals surface area contributed by atoms with Crippen molar-refractivity contribution < 1.29 is 13.2 Å². The molecular formula is C11H12N4O3S2. The van der Waals surface area contributed by atoms with Crippen molar-refractivity contribution in [3.8, 4) is 0 Å². The first-order valence-corrected chi connectivity index (χ1v) is 7.87. The summed E-state index contributed by atoms with van der Waals surface area (Å²) in [5.74, 6) is -0.366. The topological polar surface area (TPSA) is 101 Å². The van der Waals surface area contributed by atoms with Gasteiger partial charge in [-0.15, -0.1) is 10.2 Å². The molecule has 0 spiro atoms. The fourth-order valence-corrected chi connectivity index (χ4v) is 2.74. The van der Waals surface area contributed by atoms with Crippen LogP contribution in [0.15, 0.2) is 29.2 Å². The van der Waals surface area contributed by atoms with Gasteiger partial charge in [0.15, 0.2) is 0 Å². The van der Waals surface area contributed by atoms with Gasteiger partial charge < -0.3 is 0 Å². The number of aryl methyl sites for hydroxylation is 1. The van der Waals surface area contributed by atoms with E-state index in [1.54, 1.807) is 6.92 Å². The number of carbonyl (C=O) groups excluding carboxylic acids is 1. The third-order valence-corrected chi connectivity index (χ3v) is 4.63. The highest BCUT2D eigenvalue weighted by Crippen LogP contribution is 2.16. The number of anilines is 1. The van der Waals surface area contributed by atoms with Gasteiger partial charge in [-0.1, -0.05) is 11.3 Å². The number of rotatable bonds is 4. The first-order valence-electron chi connectivity index (χ1n) is 5.57. The smallest absolute Gasteiger partial charge is 0.257 e. The number of hydrogen-bond acceptors (Lipinski definition) is 6. The zero-order valence-corrected chi connectivity index (χ0v) is 12.4. The lowest BCUT2D eigenvalue weighted by atomic mass is 10.2. The lowest BCUT2D eigenvalue weighted by Crippen LogP contribution is -2.19. The van der Waals surface area contributed by atoms with Gasteiger partial charge in [0.1, 0.15) is 5.01 Å². The standard InChI is InChI=1S/C11H12N4O3S2/c1-7-14-15-11(19-7)13-10(16)8-3-5-9(6-4-8)20(17,18)12-2/h3-6,12H,1-2H3,(H,13,15,16). The molecule has 0 radical (unpaired) electrons. The predicted molar refractivity (Wildman–Crippen MR) is 75.3 cm³/mol. The van der Waals surface area contributed by atoms with E-state index in [4.69, 9.17) is 0 Å². The average molecular weight is 312 g/mol. The van der Waals surface area contributed by atoms with E-state index in [9.17, 15) is 13.2 Å². The Bertz CT molecular complexity index is 722. The van der Waals surface area contributed by atoms with Gasteiger partial charge in [0.05, 0.1) is 4.90 Å². The predicted octanol–water partition coefficient (Wildman–Crippen LogP) is 1.01. The van der Waals surface area contributed by atoms with Crippen molar-refractivity contribution in [1.82, 2.24) is 14.9 Å². The number of aromatic nitrogens is 2. The van der Waals surface area contributed by atoms with Crippen LogP contribution in [0.4, 0.5) is 5.13 Å². The van der Waals surface area contributed by atoms with Gasteiger partial charge in [0.25, 0.3) is 5.91 Å². The van der Waals surface area contributed by atoms with Crippen molar-refractivity contribution in [2.45, 2.75) is 11.8 Å². The van der Waals surface area contributed by atoms with Crippen molar-refractivity contribution in [1.29, 1.82) is 0 Å². The van der Waals surface area contributed by atoms with E-state index in [1.165, 1.54) is 42.6 Å². The van der Waals surface area contributed by atoms with Crippen molar-refractivity contribution in [2.75, 3.05) is 12.4 Å². The quantitative estimate of drug-likeness (QED) is 0.877. The Morgan fingerprint density at radius 3 is 2.35 bits per heavy atom. The number of sulfonamides is 1. The minimum Gasteiger partial charge on any atom is -0.296 e. The normalized spacial score (nSPS) is 11.3. The maximum absolute atomic E-state index is 11.9. The van der Waals surface area contributed by atoms with E-state index in [0.717, 1.165) is 5.01 Å². The van der Waals surface area contributed by atoms with Crippen LogP contribution in [0.1, 0.15) is 15.4 Å². The molecule has 0 unspecified atom stereocenters. The van der Waals surface area contributed by atoms with Crippen LogP contribution in [0.2, 0.25) is 0 Å². The van der Waals surface area contributed by atoms with Crippen LogP contribution in [0.25, 0.3) is 0 Å². The summed E-state index contributed by atoms with van der Waals surface area (Å²) < 4.78 is 25.3. The highest BCUT2D eigenvalue weighted by atomic mass is 32.2. The summed E-state index contributed by atoms with van der Waals surface area (Å²) in [7, 11) is -2.17. The molecule has 20 heavy (non-hydrogen) atoms. The number of nitrogens with zero attached hydrogens (tertiary/aromatic N) is 2. The first kappa shape index (κ1) is 14.6. The summed E-state index contributed by atoms with van der Waals surface area (Å²) in [5, 5.41) is 11.3. The van der Waals surface area contributed by atoms with Gasteiger partial charge in [0, 0.05) is 5.56 Å². The number of nitrogens with one attached hydrogen (secondary N) is 2. The molecule has 1 aromatic heterocycles. The van der Waals surface area contributed by atoms with E-state index in [-0.39, 0.29) is 10.8 Å². The lowest BCUT2D eigenvalue weighted by molar-refractivity contribution is 0.102. The van der Waals surface area contributed by atoms with Crippen molar-refractivity contribution in [3.05, 3.63) is 34.8 Å². The molecule has 1 aromatic carbocycles.